The van der Waals surface area contributed by atoms with E-state index >= 15 is 0 Å². The van der Waals surface area contributed by atoms with Gasteiger partial charge in [0.05, 0.1) is 5.56 Å². The van der Waals surface area contributed by atoms with E-state index in [4.69, 9.17) is 0 Å². The number of hydrogen-bond donors (Lipinski definition) is 0. The molecule has 0 radical (unpaired) electrons. The number of piperidine rings is 1. The quantitative estimate of drug-likeness (QED) is 0.108. The maximum Gasteiger partial charge on any atom is 0.416 e. The summed E-state index contributed by atoms with van der Waals surface area (Å²) in [6, 6.07) is 18.7. The molecule has 3 aromatic rings. The van der Waals surface area contributed by atoms with E-state index in [1.165, 1.54) is 36.2 Å². The normalized spacial score (nSPS) is 16.6. The molecule has 0 spiro atoms. The van der Waals surface area contributed by atoms with Gasteiger partial charge in [0, 0.05) is 36.3 Å². The molecular weight excluding hydrogens is 644 g/mol. The van der Waals surface area contributed by atoms with Crippen molar-refractivity contribution in [3.63, 3.8) is 0 Å². The Morgan fingerprint density at radius 2 is 1.46 bits per heavy atom. The van der Waals surface area contributed by atoms with Crippen molar-refractivity contribution in [3.05, 3.63) is 108 Å². The molecule has 1 aliphatic heterocycles. The SMILES string of the molecule is C=C(CCc1cccc(F)c1)N(CC(=O)N(Cc1ccc(-c2ccc(C(F)(F)F)cc2)cc1)C1CC(C)(C)N(C)C(C)(C)C1)/N=C(/C)C(C)=O. The Labute approximate surface area is 293 Å². The third-order valence-corrected chi connectivity index (χ3v) is 9.92. The molecule has 50 heavy (non-hydrogen) atoms. The Morgan fingerprint density at radius 3 is 1.98 bits per heavy atom. The van der Waals surface area contributed by atoms with Gasteiger partial charge in [-0.3, -0.25) is 19.5 Å². The third-order valence-electron chi connectivity index (χ3n) is 9.92. The van der Waals surface area contributed by atoms with E-state index in [1.54, 1.807) is 13.0 Å². The number of carbonyl (C=O) groups excluding carboxylic acids is 2. The Bertz CT molecular complexity index is 1690. The number of Topliss-reactive ketones (excluding diaryl/α,β-unsaturated/α-hetero) is 1. The molecule has 0 N–H and O–H groups in total. The number of halogens is 4. The van der Waals surface area contributed by atoms with Crippen LogP contribution in [0.15, 0.2) is 90.2 Å². The second-order valence-corrected chi connectivity index (χ2v) is 14.5. The maximum absolute atomic E-state index is 14.5. The lowest BCUT2D eigenvalue weighted by Crippen LogP contribution is -2.63. The van der Waals surface area contributed by atoms with Gasteiger partial charge in [0.15, 0.2) is 5.78 Å². The average Bonchev–Trinajstić information content (AvgIpc) is 3.04. The maximum atomic E-state index is 14.5. The van der Waals surface area contributed by atoms with E-state index in [-0.39, 0.29) is 46.9 Å². The zero-order valence-corrected chi connectivity index (χ0v) is 30.1. The minimum Gasteiger partial charge on any atom is -0.334 e. The highest BCUT2D eigenvalue weighted by Gasteiger charge is 2.45. The summed E-state index contributed by atoms with van der Waals surface area (Å²) in [6.45, 7) is 16.0. The molecule has 1 saturated heterocycles. The van der Waals surface area contributed by atoms with Crippen molar-refractivity contribution in [2.75, 3.05) is 13.6 Å². The van der Waals surface area contributed by atoms with E-state index in [2.05, 4.69) is 51.3 Å². The van der Waals surface area contributed by atoms with Gasteiger partial charge in [0.2, 0.25) is 5.91 Å². The summed E-state index contributed by atoms with van der Waals surface area (Å²) in [5.74, 6) is -0.758. The minimum absolute atomic E-state index is 0.126. The number of benzene rings is 3. The monoisotopic (exact) mass is 692 g/mol. The molecule has 1 heterocycles. The van der Waals surface area contributed by atoms with Crippen molar-refractivity contribution in [2.24, 2.45) is 5.10 Å². The number of hydrogen-bond acceptors (Lipinski definition) is 5. The van der Waals surface area contributed by atoms with Crippen LogP contribution in [0.3, 0.4) is 0 Å². The van der Waals surface area contributed by atoms with Crippen LogP contribution in [0.2, 0.25) is 0 Å². The summed E-state index contributed by atoms with van der Waals surface area (Å²) >= 11 is 0. The summed E-state index contributed by atoms with van der Waals surface area (Å²) in [7, 11) is 2.10. The number of aryl methyl sites for hydroxylation is 1. The lowest BCUT2D eigenvalue weighted by atomic mass is 9.76. The largest absolute Gasteiger partial charge is 0.416 e. The molecule has 10 heteroatoms. The van der Waals surface area contributed by atoms with Crippen molar-refractivity contribution in [1.82, 2.24) is 14.8 Å². The lowest BCUT2D eigenvalue weighted by molar-refractivity contribution is -0.140. The van der Waals surface area contributed by atoms with Crippen LogP contribution >= 0.6 is 0 Å². The third kappa shape index (κ3) is 9.68. The van der Waals surface area contributed by atoms with Crippen LogP contribution in [0.1, 0.15) is 77.5 Å². The molecule has 6 nitrogen and oxygen atoms in total. The van der Waals surface area contributed by atoms with Crippen molar-refractivity contribution < 1.29 is 27.2 Å². The topological polar surface area (TPSA) is 56.2 Å². The number of rotatable bonds is 12. The van der Waals surface area contributed by atoms with Gasteiger partial charge in [0.1, 0.15) is 18.1 Å². The van der Waals surface area contributed by atoms with Crippen LogP contribution in [0.4, 0.5) is 17.6 Å². The number of carbonyl (C=O) groups is 2. The highest BCUT2D eigenvalue weighted by atomic mass is 19.4. The van der Waals surface area contributed by atoms with Crippen molar-refractivity contribution in [3.8, 4) is 11.1 Å². The number of hydrazone groups is 1. The van der Waals surface area contributed by atoms with Crippen LogP contribution in [0, 0.1) is 5.82 Å². The second kappa shape index (κ2) is 15.3. The first-order valence-electron chi connectivity index (χ1n) is 16.8. The molecule has 1 amide bonds. The fraction of sp³-hybridized carbons (Fsp3) is 0.425. The molecule has 268 valence electrons. The van der Waals surface area contributed by atoms with Crippen LogP contribution in [-0.2, 0) is 28.7 Å². The Balaban J connectivity index is 1.63. The molecule has 4 rings (SSSR count). The van der Waals surface area contributed by atoms with Gasteiger partial charge in [-0.05, 0) is 114 Å². The molecule has 0 unspecified atom stereocenters. The predicted molar refractivity (Wildman–Crippen MR) is 191 cm³/mol. The highest BCUT2D eigenvalue weighted by molar-refractivity contribution is 6.37. The number of alkyl halides is 3. The molecule has 0 bridgehead atoms. The smallest absolute Gasteiger partial charge is 0.334 e. The first kappa shape index (κ1) is 38.5. The Hall–Kier alpha value is -4.31. The van der Waals surface area contributed by atoms with E-state index in [0.717, 1.165) is 41.7 Å². The summed E-state index contributed by atoms with van der Waals surface area (Å²) in [5.41, 5.74) is 2.68. The molecular formula is C40H48F4N4O2. The Kier molecular flexibility index (Phi) is 11.8. The number of amides is 1. The Morgan fingerprint density at radius 1 is 0.900 bits per heavy atom. The van der Waals surface area contributed by atoms with Gasteiger partial charge in [-0.15, -0.1) is 0 Å². The molecule has 0 aromatic heterocycles. The first-order chi connectivity index (χ1) is 23.3. The summed E-state index contributed by atoms with van der Waals surface area (Å²) in [6.07, 6.45) is -2.10. The van der Waals surface area contributed by atoms with Crippen molar-refractivity contribution in [1.29, 1.82) is 0 Å². The van der Waals surface area contributed by atoms with Crippen LogP contribution < -0.4 is 0 Å². The number of likely N-dealkylation sites (tertiary alicyclic amines) is 1. The van der Waals surface area contributed by atoms with E-state index < -0.39 is 11.7 Å². The summed E-state index contributed by atoms with van der Waals surface area (Å²) in [5, 5.41) is 6.01. The van der Waals surface area contributed by atoms with E-state index in [0.29, 0.717) is 30.6 Å². The molecule has 0 saturated carbocycles. The second-order valence-electron chi connectivity index (χ2n) is 14.5. The van der Waals surface area contributed by atoms with Gasteiger partial charge in [0.25, 0.3) is 0 Å². The molecule has 0 aliphatic carbocycles. The van der Waals surface area contributed by atoms with Gasteiger partial charge in [-0.25, -0.2) is 4.39 Å². The first-order valence-corrected chi connectivity index (χ1v) is 16.8. The molecule has 1 fully saturated rings. The minimum atomic E-state index is -4.41. The number of allylic oxidation sites excluding steroid dienone is 1. The van der Waals surface area contributed by atoms with Gasteiger partial charge in [-0.1, -0.05) is 55.1 Å². The lowest BCUT2D eigenvalue weighted by Gasteiger charge is -2.55. The summed E-state index contributed by atoms with van der Waals surface area (Å²) in [4.78, 5) is 30.9. The molecule has 1 aliphatic rings. The van der Waals surface area contributed by atoms with Crippen molar-refractivity contribution >= 4 is 17.4 Å². The zero-order valence-electron chi connectivity index (χ0n) is 30.1. The van der Waals surface area contributed by atoms with Gasteiger partial charge in [-0.2, -0.15) is 18.3 Å². The number of nitrogens with zero attached hydrogens (tertiary/aromatic N) is 4. The van der Waals surface area contributed by atoms with Gasteiger partial charge < -0.3 is 4.90 Å². The zero-order chi connectivity index (χ0) is 37.0. The standard InChI is InChI=1S/C40H48F4N4O2/c1-27(12-13-30-10-9-11-35(41)22-30)48(45-28(2)29(3)49)26-37(50)47(36-23-38(4,5)46(8)39(6,7)24-36)25-31-14-16-32(17-15-31)33-18-20-34(21-19-33)40(42,43)44/h9-11,14-22,36H,1,12-13,23-26H2,2-8H3/b45-28-. The fourth-order valence-electron chi connectivity index (χ4n) is 6.61. The average molecular weight is 693 g/mol. The van der Waals surface area contributed by atoms with Crippen molar-refractivity contribution in [2.45, 2.75) is 97.1 Å². The van der Waals surface area contributed by atoms with Gasteiger partial charge >= 0.3 is 6.18 Å². The van der Waals surface area contributed by atoms with Crippen LogP contribution in [0.5, 0.6) is 0 Å². The van der Waals surface area contributed by atoms with E-state index in [1.807, 2.05) is 35.2 Å². The van der Waals surface area contributed by atoms with Crippen LogP contribution in [0.25, 0.3) is 11.1 Å². The summed E-state index contributed by atoms with van der Waals surface area (Å²) < 4.78 is 53.1. The fourth-order valence-corrected chi connectivity index (χ4v) is 6.61. The highest BCUT2D eigenvalue weighted by Crippen LogP contribution is 2.39. The molecule has 3 aromatic carbocycles. The predicted octanol–water partition coefficient (Wildman–Crippen LogP) is 8.90. The molecule has 0 atom stereocenters. The van der Waals surface area contributed by atoms with E-state index in [9.17, 15) is 27.2 Å². The van der Waals surface area contributed by atoms with Crippen LogP contribution in [-0.4, -0.2) is 62.9 Å². The number of ketones is 1.